The van der Waals surface area contributed by atoms with Crippen molar-refractivity contribution < 1.29 is 13.2 Å². The maximum atomic E-state index is 12.7. The van der Waals surface area contributed by atoms with E-state index in [-0.39, 0.29) is 11.4 Å². The molecule has 0 spiro atoms. The Balaban J connectivity index is 2.39. The van der Waals surface area contributed by atoms with Crippen molar-refractivity contribution in [3.63, 3.8) is 0 Å². The first-order valence-electron chi connectivity index (χ1n) is 6.59. The first kappa shape index (κ1) is 14.7. The van der Waals surface area contributed by atoms with E-state index in [0.717, 1.165) is 37.8 Å². The lowest BCUT2D eigenvalue weighted by molar-refractivity contribution is -0.137. The van der Waals surface area contributed by atoms with Crippen LogP contribution < -0.4 is 10.6 Å². The molecule has 0 aliphatic heterocycles. The predicted molar refractivity (Wildman–Crippen MR) is 73.1 cm³/mol. The van der Waals surface area contributed by atoms with Crippen LogP contribution in [0.1, 0.15) is 36.8 Å². The Kier molecular flexibility index (Phi) is 3.92. The SMILES string of the molecule is CN(c1ccc(C(F)(F)F)cc1C(=N)N)C1CCCC1. The van der Waals surface area contributed by atoms with Gasteiger partial charge in [0, 0.05) is 24.3 Å². The molecule has 0 heterocycles. The number of rotatable bonds is 3. The number of nitrogens with one attached hydrogen (secondary N) is 1. The maximum Gasteiger partial charge on any atom is 0.416 e. The molecule has 1 aromatic carbocycles. The third-order valence-electron chi connectivity index (χ3n) is 3.87. The van der Waals surface area contributed by atoms with Crippen LogP contribution in [-0.2, 0) is 6.18 Å². The Morgan fingerprint density at radius 3 is 2.40 bits per heavy atom. The summed E-state index contributed by atoms with van der Waals surface area (Å²) < 4.78 is 38.2. The molecule has 1 saturated carbocycles. The van der Waals surface area contributed by atoms with E-state index < -0.39 is 11.7 Å². The van der Waals surface area contributed by atoms with E-state index in [0.29, 0.717) is 11.7 Å². The van der Waals surface area contributed by atoms with Crippen LogP contribution in [0.3, 0.4) is 0 Å². The van der Waals surface area contributed by atoms with E-state index in [1.165, 1.54) is 6.07 Å². The molecule has 1 aliphatic rings. The molecule has 1 aromatic rings. The molecule has 3 nitrogen and oxygen atoms in total. The Morgan fingerprint density at radius 1 is 1.30 bits per heavy atom. The molecule has 2 rings (SSSR count). The van der Waals surface area contributed by atoms with Gasteiger partial charge in [0.2, 0.25) is 0 Å². The van der Waals surface area contributed by atoms with Crippen LogP contribution in [0.4, 0.5) is 18.9 Å². The van der Waals surface area contributed by atoms with Gasteiger partial charge in [0.1, 0.15) is 5.84 Å². The second-order valence-corrected chi connectivity index (χ2v) is 5.19. The fourth-order valence-electron chi connectivity index (χ4n) is 2.72. The highest BCUT2D eigenvalue weighted by Gasteiger charge is 2.32. The first-order valence-corrected chi connectivity index (χ1v) is 6.59. The highest BCUT2D eigenvalue weighted by molar-refractivity contribution is 6.00. The normalized spacial score (nSPS) is 16.4. The lowest BCUT2D eigenvalue weighted by Gasteiger charge is -2.29. The minimum absolute atomic E-state index is 0.147. The smallest absolute Gasteiger partial charge is 0.384 e. The van der Waals surface area contributed by atoms with Crippen LogP contribution in [-0.4, -0.2) is 18.9 Å². The molecule has 0 saturated heterocycles. The number of anilines is 1. The van der Waals surface area contributed by atoms with Crippen molar-refractivity contribution in [3.8, 4) is 0 Å². The van der Waals surface area contributed by atoms with Crippen LogP contribution in [0, 0.1) is 5.41 Å². The quantitative estimate of drug-likeness (QED) is 0.661. The van der Waals surface area contributed by atoms with Crippen LogP contribution in [0.25, 0.3) is 0 Å². The lowest BCUT2D eigenvalue weighted by Crippen LogP contribution is -2.31. The molecular formula is C14H18F3N3. The average molecular weight is 285 g/mol. The van der Waals surface area contributed by atoms with E-state index in [4.69, 9.17) is 11.1 Å². The van der Waals surface area contributed by atoms with Gasteiger partial charge in [0.05, 0.1) is 5.56 Å². The monoisotopic (exact) mass is 285 g/mol. The van der Waals surface area contributed by atoms with Gasteiger partial charge in [-0.3, -0.25) is 5.41 Å². The summed E-state index contributed by atoms with van der Waals surface area (Å²) in [4.78, 5) is 1.95. The van der Waals surface area contributed by atoms with Crippen molar-refractivity contribution in [1.29, 1.82) is 5.41 Å². The van der Waals surface area contributed by atoms with E-state index in [1.54, 1.807) is 0 Å². The molecule has 3 N–H and O–H groups in total. The summed E-state index contributed by atoms with van der Waals surface area (Å²) in [6, 6.07) is 3.73. The molecule has 0 radical (unpaired) electrons. The van der Waals surface area contributed by atoms with Gasteiger partial charge in [-0.1, -0.05) is 12.8 Å². The van der Waals surface area contributed by atoms with Gasteiger partial charge >= 0.3 is 6.18 Å². The van der Waals surface area contributed by atoms with Gasteiger partial charge in [-0.15, -0.1) is 0 Å². The van der Waals surface area contributed by atoms with Gasteiger partial charge in [-0.05, 0) is 31.0 Å². The third-order valence-corrected chi connectivity index (χ3v) is 3.87. The minimum Gasteiger partial charge on any atom is -0.384 e. The third kappa shape index (κ3) is 2.89. The zero-order valence-corrected chi connectivity index (χ0v) is 11.3. The van der Waals surface area contributed by atoms with Crippen molar-refractivity contribution in [3.05, 3.63) is 29.3 Å². The summed E-state index contributed by atoms with van der Waals surface area (Å²) in [6.07, 6.45) is -0.117. The molecule has 6 heteroatoms. The zero-order valence-electron chi connectivity index (χ0n) is 11.3. The number of halogens is 3. The lowest BCUT2D eigenvalue weighted by atomic mass is 10.0. The number of amidine groups is 1. The summed E-state index contributed by atoms with van der Waals surface area (Å²) in [5.41, 5.74) is 5.42. The summed E-state index contributed by atoms with van der Waals surface area (Å²) >= 11 is 0. The van der Waals surface area contributed by atoms with Gasteiger partial charge in [0.25, 0.3) is 0 Å². The number of benzene rings is 1. The zero-order chi connectivity index (χ0) is 14.9. The molecule has 0 amide bonds. The molecule has 1 fully saturated rings. The average Bonchev–Trinajstić information content (AvgIpc) is 2.89. The number of nitrogen functional groups attached to an aromatic ring is 1. The van der Waals surface area contributed by atoms with Gasteiger partial charge < -0.3 is 10.6 Å². The standard InChI is InChI=1S/C14H18F3N3/c1-20(10-4-2-3-5-10)12-7-6-9(14(15,16)17)8-11(12)13(18)19/h6-8,10H,2-5H2,1H3,(H3,18,19). The van der Waals surface area contributed by atoms with Crippen molar-refractivity contribution in [2.75, 3.05) is 11.9 Å². The largest absolute Gasteiger partial charge is 0.416 e. The molecule has 0 unspecified atom stereocenters. The summed E-state index contributed by atoms with van der Waals surface area (Å²) in [5, 5.41) is 7.53. The molecule has 1 aliphatic carbocycles. The molecular weight excluding hydrogens is 267 g/mol. The Morgan fingerprint density at radius 2 is 1.90 bits per heavy atom. The Hall–Kier alpha value is -1.72. The van der Waals surface area contributed by atoms with E-state index in [9.17, 15) is 13.2 Å². The number of alkyl halides is 3. The van der Waals surface area contributed by atoms with Crippen molar-refractivity contribution in [2.24, 2.45) is 5.73 Å². The topological polar surface area (TPSA) is 53.1 Å². The number of nitrogens with two attached hydrogens (primary N) is 1. The summed E-state index contributed by atoms with van der Waals surface area (Å²) in [5.74, 6) is -0.337. The van der Waals surface area contributed by atoms with E-state index >= 15 is 0 Å². The van der Waals surface area contributed by atoms with Crippen LogP contribution in [0.15, 0.2) is 18.2 Å². The van der Waals surface area contributed by atoms with E-state index in [2.05, 4.69) is 0 Å². The fraction of sp³-hybridized carbons (Fsp3) is 0.500. The van der Waals surface area contributed by atoms with Crippen molar-refractivity contribution in [2.45, 2.75) is 37.9 Å². The second-order valence-electron chi connectivity index (χ2n) is 5.19. The summed E-state index contributed by atoms with van der Waals surface area (Å²) in [6.45, 7) is 0. The first-order chi connectivity index (χ1) is 9.30. The van der Waals surface area contributed by atoms with Gasteiger partial charge in [-0.25, -0.2) is 0 Å². The van der Waals surface area contributed by atoms with Crippen LogP contribution in [0.5, 0.6) is 0 Å². The second kappa shape index (κ2) is 5.34. The van der Waals surface area contributed by atoms with Gasteiger partial charge in [0.15, 0.2) is 0 Å². The Bertz CT molecular complexity index is 505. The predicted octanol–water partition coefficient (Wildman–Crippen LogP) is 3.37. The fourth-order valence-corrected chi connectivity index (χ4v) is 2.72. The molecule has 0 atom stereocenters. The van der Waals surface area contributed by atoms with Crippen molar-refractivity contribution >= 4 is 11.5 Å². The van der Waals surface area contributed by atoms with Crippen LogP contribution >= 0.6 is 0 Å². The summed E-state index contributed by atoms with van der Waals surface area (Å²) in [7, 11) is 1.85. The van der Waals surface area contributed by atoms with E-state index in [1.807, 2.05) is 11.9 Å². The maximum absolute atomic E-state index is 12.7. The number of nitrogens with zero attached hydrogens (tertiary/aromatic N) is 1. The van der Waals surface area contributed by atoms with Crippen LogP contribution in [0.2, 0.25) is 0 Å². The molecule has 0 aromatic heterocycles. The molecule has 20 heavy (non-hydrogen) atoms. The Labute approximate surface area is 116 Å². The highest BCUT2D eigenvalue weighted by Crippen LogP contribution is 2.34. The molecule has 110 valence electrons. The highest BCUT2D eigenvalue weighted by atomic mass is 19.4. The molecule has 0 bridgehead atoms. The van der Waals surface area contributed by atoms with Crippen molar-refractivity contribution in [1.82, 2.24) is 0 Å². The minimum atomic E-state index is -4.42. The van der Waals surface area contributed by atoms with Gasteiger partial charge in [-0.2, -0.15) is 13.2 Å². The number of hydrogen-bond donors (Lipinski definition) is 2. The number of hydrogen-bond acceptors (Lipinski definition) is 2.